The van der Waals surface area contributed by atoms with Gasteiger partial charge in [-0.25, -0.2) is 0 Å². The second kappa shape index (κ2) is 7.87. The molecule has 2 aromatic carbocycles. The molecule has 5 heteroatoms. The standard InChI is InChI=1S/C21H22N2O3/c1-14-7-11-19(26-2)15(13-14)8-12-20(24)23-18-6-4-3-5-17(18)21(25)22-16-9-10-16/h3-8,11-13,16H,9-10H2,1-2H3,(H,22,25)(H,23,24)/b12-8+. The number of hydrogen-bond acceptors (Lipinski definition) is 3. The lowest BCUT2D eigenvalue weighted by atomic mass is 10.1. The monoisotopic (exact) mass is 350 g/mol. The van der Waals surface area contributed by atoms with E-state index in [-0.39, 0.29) is 17.9 Å². The zero-order valence-corrected chi connectivity index (χ0v) is 14.9. The highest BCUT2D eigenvalue weighted by Crippen LogP contribution is 2.23. The van der Waals surface area contributed by atoms with Crippen LogP contribution in [0.2, 0.25) is 0 Å². The SMILES string of the molecule is COc1ccc(C)cc1/C=C/C(=O)Nc1ccccc1C(=O)NC1CC1. The Kier molecular flexibility index (Phi) is 5.37. The quantitative estimate of drug-likeness (QED) is 0.783. The maximum atomic E-state index is 12.3. The molecule has 0 aromatic heterocycles. The van der Waals surface area contributed by atoms with Crippen LogP contribution < -0.4 is 15.4 Å². The average molecular weight is 350 g/mol. The van der Waals surface area contributed by atoms with Gasteiger partial charge in [0.15, 0.2) is 0 Å². The molecule has 26 heavy (non-hydrogen) atoms. The highest BCUT2D eigenvalue weighted by Gasteiger charge is 2.24. The molecule has 2 N–H and O–H groups in total. The fraction of sp³-hybridized carbons (Fsp3) is 0.238. The summed E-state index contributed by atoms with van der Waals surface area (Å²) < 4.78 is 5.31. The van der Waals surface area contributed by atoms with Crippen molar-refractivity contribution >= 4 is 23.6 Å². The first-order valence-corrected chi connectivity index (χ1v) is 8.60. The molecule has 134 valence electrons. The fourth-order valence-electron chi connectivity index (χ4n) is 2.60. The summed E-state index contributed by atoms with van der Waals surface area (Å²) in [6.07, 6.45) is 5.17. The maximum Gasteiger partial charge on any atom is 0.253 e. The lowest BCUT2D eigenvalue weighted by molar-refractivity contribution is -0.111. The van der Waals surface area contributed by atoms with Crippen LogP contribution in [0.25, 0.3) is 6.08 Å². The van der Waals surface area contributed by atoms with Gasteiger partial charge in [-0.2, -0.15) is 0 Å². The molecule has 0 atom stereocenters. The molecule has 2 aromatic rings. The van der Waals surface area contributed by atoms with E-state index < -0.39 is 0 Å². The van der Waals surface area contributed by atoms with E-state index in [2.05, 4.69) is 10.6 Å². The number of ether oxygens (including phenoxy) is 1. The topological polar surface area (TPSA) is 67.4 Å². The molecule has 0 saturated heterocycles. The predicted octanol–water partition coefficient (Wildman–Crippen LogP) is 3.55. The second-order valence-electron chi connectivity index (χ2n) is 6.36. The highest BCUT2D eigenvalue weighted by atomic mass is 16.5. The van der Waals surface area contributed by atoms with Crippen LogP contribution in [0.1, 0.15) is 34.3 Å². The number of carbonyl (C=O) groups is 2. The molecule has 0 heterocycles. The number of benzene rings is 2. The van der Waals surface area contributed by atoms with E-state index in [0.717, 1.165) is 24.0 Å². The number of carbonyl (C=O) groups excluding carboxylic acids is 2. The summed E-state index contributed by atoms with van der Waals surface area (Å²) in [6, 6.07) is 13.0. The van der Waals surface area contributed by atoms with Crippen LogP contribution in [0.3, 0.4) is 0 Å². The molecule has 3 rings (SSSR count). The van der Waals surface area contributed by atoms with Gasteiger partial charge < -0.3 is 15.4 Å². The maximum absolute atomic E-state index is 12.3. The van der Waals surface area contributed by atoms with Gasteiger partial charge in [0.25, 0.3) is 5.91 Å². The van der Waals surface area contributed by atoms with E-state index in [9.17, 15) is 9.59 Å². The van der Waals surface area contributed by atoms with Crippen molar-refractivity contribution in [1.29, 1.82) is 0 Å². The molecule has 0 radical (unpaired) electrons. The van der Waals surface area contributed by atoms with Crippen molar-refractivity contribution in [3.63, 3.8) is 0 Å². The summed E-state index contributed by atoms with van der Waals surface area (Å²) in [7, 11) is 1.59. The number of aryl methyl sites for hydroxylation is 1. The number of rotatable bonds is 6. The molecular formula is C21H22N2O3. The van der Waals surface area contributed by atoms with E-state index in [1.807, 2.05) is 25.1 Å². The lowest BCUT2D eigenvalue weighted by Gasteiger charge is -2.10. The third kappa shape index (κ3) is 4.51. The van der Waals surface area contributed by atoms with Gasteiger partial charge >= 0.3 is 0 Å². The molecular weight excluding hydrogens is 328 g/mol. The number of anilines is 1. The fourth-order valence-corrected chi connectivity index (χ4v) is 2.60. The molecule has 2 amide bonds. The summed E-state index contributed by atoms with van der Waals surface area (Å²) in [4.78, 5) is 24.6. The van der Waals surface area contributed by atoms with Gasteiger partial charge in [0.1, 0.15) is 5.75 Å². The highest BCUT2D eigenvalue weighted by molar-refractivity contribution is 6.07. The van der Waals surface area contributed by atoms with E-state index in [1.165, 1.54) is 6.08 Å². The van der Waals surface area contributed by atoms with Crippen molar-refractivity contribution in [1.82, 2.24) is 5.32 Å². The average Bonchev–Trinajstić information content (AvgIpc) is 3.44. The van der Waals surface area contributed by atoms with Crippen molar-refractivity contribution in [3.05, 3.63) is 65.2 Å². The largest absolute Gasteiger partial charge is 0.496 e. The zero-order chi connectivity index (χ0) is 18.5. The minimum absolute atomic E-state index is 0.160. The van der Waals surface area contributed by atoms with Crippen LogP contribution >= 0.6 is 0 Å². The van der Waals surface area contributed by atoms with Gasteiger partial charge in [-0.05, 0) is 50.1 Å². The van der Waals surface area contributed by atoms with Gasteiger partial charge in [0.05, 0.1) is 18.4 Å². The van der Waals surface area contributed by atoms with Crippen LogP contribution in [0.15, 0.2) is 48.5 Å². The number of nitrogens with one attached hydrogen (secondary N) is 2. The minimum Gasteiger partial charge on any atom is -0.496 e. The molecule has 0 bridgehead atoms. The van der Waals surface area contributed by atoms with Gasteiger partial charge in [-0.1, -0.05) is 23.8 Å². The number of methoxy groups -OCH3 is 1. The smallest absolute Gasteiger partial charge is 0.253 e. The van der Waals surface area contributed by atoms with Gasteiger partial charge in [0, 0.05) is 17.7 Å². The molecule has 0 unspecified atom stereocenters. The summed E-state index contributed by atoms with van der Waals surface area (Å²) in [6.45, 7) is 1.98. The van der Waals surface area contributed by atoms with Gasteiger partial charge in [0.2, 0.25) is 5.91 Å². The Morgan fingerprint density at radius 1 is 1.15 bits per heavy atom. The first-order valence-electron chi connectivity index (χ1n) is 8.60. The van der Waals surface area contributed by atoms with Crippen molar-refractivity contribution < 1.29 is 14.3 Å². The van der Waals surface area contributed by atoms with Crippen molar-refractivity contribution in [2.24, 2.45) is 0 Å². The predicted molar refractivity (Wildman–Crippen MR) is 102 cm³/mol. The van der Waals surface area contributed by atoms with Crippen molar-refractivity contribution in [3.8, 4) is 5.75 Å². The Balaban J connectivity index is 1.72. The Morgan fingerprint density at radius 3 is 2.65 bits per heavy atom. The second-order valence-corrected chi connectivity index (χ2v) is 6.36. The van der Waals surface area contributed by atoms with Crippen LogP contribution in [0, 0.1) is 6.92 Å². The molecule has 0 spiro atoms. The first-order chi connectivity index (χ1) is 12.6. The Morgan fingerprint density at radius 2 is 1.92 bits per heavy atom. The van der Waals surface area contributed by atoms with E-state index in [0.29, 0.717) is 17.0 Å². The van der Waals surface area contributed by atoms with Crippen molar-refractivity contribution in [2.45, 2.75) is 25.8 Å². The summed E-state index contributed by atoms with van der Waals surface area (Å²) in [5, 5.41) is 5.72. The van der Waals surface area contributed by atoms with Crippen LogP contribution in [-0.2, 0) is 4.79 Å². The number of hydrogen-bond donors (Lipinski definition) is 2. The van der Waals surface area contributed by atoms with E-state index in [1.54, 1.807) is 37.5 Å². The zero-order valence-electron chi connectivity index (χ0n) is 14.9. The van der Waals surface area contributed by atoms with Crippen molar-refractivity contribution in [2.75, 3.05) is 12.4 Å². The summed E-state index contributed by atoms with van der Waals surface area (Å²) in [5.41, 5.74) is 2.86. The summed E-state index contributed by atoms with van der Waals surface area (Å²) in [5.74, 6) is 0.233. The molecule has 0 aliphatic heterocycles. The summed E-state index contributed by atoms with van der Waals surface area (Å²) >= 11 is 0. The van der Waals surface area contributed by atoms with Crippen LogP contribution in [0.5, 0.6) is 5.75 Å². The number of para-hydroxylation sites is 1. The Labute approximate surface area is 153 Å². The van der Waals surface area contributed by atoms with Gasteiger partial charge in [-0.15, -0.1) is 0 Å². The third-order valence-corrected chi connectivity index (χ3v) is 4.14. The molecule has 1 aliphatic rings. The Bertz CT molecular complexity index is 854. The van der Waals surface area contributed by atoms with Gasteiger partial charge in [-0.3, -0.25) is 9.59 Å². The molecule has 1 fully saturated rings. The van der Waals surface area contributed by atoms with Crippen LogP contribution in [0.4, 0.5) is 5.69 Å². The minimum atomic E-state index is -0.305. The molecule has 1 saturated carbocycles. The normalized spacial score (nSPS) is 13.5. The van der Waals surface area contributed by atoms with E-state index in [4.69, 9.17) is 4.74 Å². The van der Waals surface area contributed by atoms with Crippen LogP contribution in [-0.4, -0.2) is 25.0 Å². The Hall–Kier alpha value is -3.08. The molecule has 5 nitrogen and oxygen atoms in total. The first kappa shape index (κ1) is 17.7. The lowest BCUT2D eigenvalue weighted by Crippen LogP contribution is -2.26. The number of amides is 2. The third-order valence-electron chi connectivity index (χ3n) is 4.14. The van der Waals surface area contributed by atoms with E-state index >= 15 is 0 Å². The molecule has 1 aliphatic carbocycles.